The Balaban J connectivity index is 1.94. The Morgan fingerprint density at radius 2 is 2.26 bits per heavy atom. The van der Waals surface area contributed by atoms with E-state index in [2.05, 4.69) is 10.6 Å². The summed E-state index contributed by atoms with van der Waals surface area (Å²) in [5, 5.41) is 13.6. The molecule has 7 nitrogen and oxygen atoms in total. The zero-order chi connectivity index (χ0) is 16.7. The van der Waals surface area contributed by atoms with Gasteiger partial charge in [0.05, 0.1) is 23.7 Å². The first-order chi connectivity index (χ1) is 11.1. The summed E-state index contributed by atoms with van der Waals surface area (Å²) >= 11 is 1.54. The van der Waals surface area contributed by atoms with Crippen LogP contribution in [0.2, 0.25) is 0 Å². The summed E-state index contributed by atoms with van der Waals surface area (Å²) in [6, 6.07) is 6.78. The van der Waals surface area contributed by atoms with Crippen LogP contribution in [0.4, 0.5) is 5.69 Å². The number of rotatable bonds is 5. The van der Waals surface area contributed by atoms with E-state index in [0.717, 1.165) is 4.90 Å². The van der Waals surface area contributed by atoms with Crippen molar-refractivity contribution in [2.75, 3.05) is 24.2 Å². The monoisotopic (exact) mass is 333 g/mol. The molecule has 0 aromatic heterocycles. The normalized spacial score (nSPS) is 13.1. The number of hydrogen-bond donors (Lipinski definition) is 2. The first-order valence-corrected chi connectivity index (χ1v) is 7.96. The topological polar surface area (TPSA) is 108 Å². The molecule has 0 saturated heterocycles. The Kier molecular flexibility index (Phi) is 6.00. The largest absolute Gasteiger partial charge is 0.452 e. The zero-order valence-corrected chi connectivity index (χ0v) is 13.1. The fraction of sp³-hybridized carbons (Fsp3) is 0.333. The van der Waals surface area contributed by atoms with Crippen molar-refractivity contribution in [2.45, 2.75) is 17.7 Å². The highest BCUT2D eigenvalue weighted by Gasteiger charge is 2.17. The van der Waals surface area contributed by atoms with Gasteiger partial charge in [0, 0.05) is 23.6 Å². The van der Waals surface area contributed by atoms with Crippen LogP contribution in [-0.2, 0) is 14.3 Å². The van der Waals surface area contributed by atoms with Crippen LogP contribution < -0.4 is 10.6 Å². The van der Waals surface area contributed by atoms with Crippen LogP contribution in [0.5, 0.6) is 0 Å². The molecule has 0 atom stereocenters. The maximum atomic E-state index is 12.0. The van der Waals surface area contributed by atoms with Gasteiger partial charge in [-0.1, -0.05) is 0 Å². The molecule has 0 saturated carbocycles. The number of esters is 1. The summed E-state index contributed by atoms with van der Waals surface area (Å²) in [5.74, 6) is -0.525. The fourth-order valence-electron chi connectivity index (χ4n) is 1.87. The molecule has 1 aliphatic rings. The van der Waals surface area contributed by atoms with E-state index in [9.17, 15) is 14.4 Å². The lowest BCUT2D eigenvalue weighted by atomic mass is 10.2. The maximum Gasteiger partial charge on any atom is 0.338 e. The molecular weight excluding hydrogens is 318 g/mol. The number of nitrogens with zero attached hydrogens (tertiary/aromatic N) is 1. The number of thioether (sulfide) groups is 1. The first-order valence-electron chi connectivity index (χ1n) is 6.97. The number of hydrogen-bond acceptors (Lipinski definition) is 6. The Morgan fingerprint density at radius 1 is 1.43 bits per heavy atom. The molecule has 0 spiro atoms. The van der Waals surface area contributed by atoms with E-state index < -0.39 is 18.5 Å². The van der Waals surface area contributed by atoms with Crippen molar-refractivity contribution in [2.24, 2.45) is 0 Å². The Bertz CT molecular complexity index is 669. The molecule has 0 radical (unpaired) electrons. The number of carbonyl (C=O) groups is 3. The predicted octanol–water partition coefficient (Wildman–Crippen LogP) is 1.31. The van der Waals surface area contributed by atoms with E-state index in [1.165, 1.54) is 11.8 Å². The summed E-state index contributed by atoms with van der Waals surface area (Å²) in [4.78, 5) is 35.8. The summed E-state index contributed by atoms with van der Waals surface area (Å²) in [7, 11) is 0. The molecule has 1 heterocycles. The van der Waals surface area contributed by atoms with E-state index in [4.69, 9.17) is 10.00 Å². The second-order valence-corrected chi connectivity index (χ2v) is 5.83. The maximum absolute atomic E-state index is 12.0. The minimum Gasteiger partial charge on any atom is -0.452 e. The average molecular weight is 333 g/mol. The standard InChI is InChI=1S/C15H15N3O4S/c16-5-1-6-17-14(20)9-22-15(21)10-2-3-12-11(8-10)18-13(19)4-7-23-12/h2-3,8H,1,4,6-7,9H2,(H,17,20)(H,18,19). The van der Waals surface area contributed by atoms with Gasteiger partial charge < -0.3 is 15.4 Å². The molecule has 8 heteroatoms. The van der Waals surface area contributed by atoms with E-state index >= 15 is 0 Å². The lowest BCUT2D eigenvalue weighted by Crippen LogP contribution is -2.29. The van der Waals surface area contributed by atoms with Crippen LogP contribution in [0.3, 0.4) is 0 Å². The number of benzene rings is 1. The molecule has 2 amide bonds. The van der Waals surface area contributed by atoms with E-state index in [1.54, 1.807) is 18.2 Å². The van der Waals surface area contributed by atoms with Crippen LogP contribution in [-0.4, -0.2) is 36.7 Å². The Hall–Kier alpha value is -2.53. The van der Waals surface area contributed by atoms with Gasteiger partial charge in [-0.2, -0.15) is 5.26 Å². The second-order valence-electron chi connectivity index (χ2n) is 4.69. The van der Waals surface area contributed by atoms with E-state index in [1.807, 2.05) is 6.07 Å². The van der Waals surface area contributed by atoms with Gasteiger partial charge in [0.25, 0.3) is 5.91 Å². The van der Waals surface area contributed by atoms with Crippen molar-refractivity contribution in [3.63, 3.8) is 0 Å². The molecule has 0 fully saturated rings. The van der Waals surface area contributed by atoms with Crippen molar-refractivity contribution >= 4 is 35.2 Å². The third-order valence-corrected chi connectivity index (χ3v) is 4.04. The smallest absolute Gasteiger partial charge is 0.338 e. The van der Waals surface area contributed by atoms with Crippen LogP contribution in [0.15, 0.2) is 23.1 Å². The summed E-state index contributed by atoms with van der Waals surface area (Å²) in [5.41, 5.74) is 0.835. The number of ether oxygens (including phenoxy) is 1. The number of fused-ring (bicyclic) bond motifs is 1. The number of anilines is 1. The van der Waals surface area contributed by atoms with E-state index in [0.29, 0.717) is 17.9 Å². The van der Waals surface area contributed by atoms with Gasteiger partial charge in [-0.3, -0.25) is 9.59 Å². The van der Waals surface area contributed by atoms with Crippen LogP contribution in [0.25, 0.3) is 0 Å². The van der Waals surface area contributed by atoms with Crippen LogP contribution in [0, 0.1) is 11.3 Å². The molecule has 2 rings (SSSR count). The summed E-state index contributed by atoms with van der Waals surface area (Å²) < 4.78 is 4.92. The molecule has 120 valence electrons. The number of nitriles is 1. The Labute approximate surface area is 137 Å². The molecule has 1 aromatic carbocycles. The Morgan fingerprint density at radius 3 is 3.04 bits per heavy atom. The van der Waals surface area contributed by atoms with Crippen molar-refractivity contribution in [1.29, 1.82) is 5.26 Å². The molecule has 2 N–H and O–H groups in total. The number of nitrogens with one attached hydrogen (secondary N) is 2. The highest BCUT2D eigenvalue weighted by atomic mass is 32.2. The molecular formula is C15H15N3O4S. The van der Waals surface area contributed by atoms with Gasteiger partial charge in [0.1, 0.15) is 0 Å². The van der Waals surface area contributed by atoms with E-state index in [-0.39, 0.29) is 24.4 Å². The van der Waals surface area contributed by atoms with Crippen molar-refractivity contribution < 1.29 is 19.1 Å². The molecule has 1 aromatic rings. The fourth-order valence-corrected chi connectivity index (χ4v) is 2.81. The lowest BCUT2D eigenvalue weighted by molar-refractivity contribution is -0.124. The molecule has 0 aliphatic carbocycles. The third kappa shape index (κ3) is 5.00. The molecule has 0 unspecified atom stereocenters. The van der Waals surface area contributed by atoms with Crippen molar-refractivity contribution in [1.82, 2.24) is 5.32 Å². The van der Waals surface area contributed by atoms with Gasteiger partial charge in [-0.25, -0.2) is 4.79 Å². The minimum absolute atomic E-state index is 0.0985. The van der Waals surface area contributed by atoms with Gasteiger partial charge in [-0.15, -0.1) is 11.8 Å². The van der Waals surface area contributed by atoms with Gasteiger partial charge >= 0.3 is 5.97 Å². The molecule has 1 aliphatic heterocycles. The number of amides is 2. The highest BCUT2D eigenvalue weighted by Crippen LogP contribution is 2.31. The number of carbonyl (C=O) groups excluding carboxylic acids is 3. The molecule has 23 heavy (non-hydrogen) atoms. The van der Waals surface area contributed by atoms with Gasteiger partial charge in [0.15, 0.2) is 6.61 Å². The SMILES string of the molecule is N#CCCNC(=O)COC(=O)c1ccc2c(c1)NC(=O)CCS2. The van der Waals surface area contributed by atoms with Crippen LogP contribution in [0.1, 0.15) is 23.2 Å². The van der Waals surface area contributed by atoms with Gasteiger partial charge in [0.2, 0.25) is 5.91 Å². The zero-order valence-electron chi connectivity index (χ0n) is 12.3. The van der Waals surface area contributed by atoms with Crippen LogP contribution >= 0.6 is 11.8 Å². The van der Waals surface area contributed by atoms with Crippen molar-refractivity contribution in [3.05, 3.63) is 23.8 Å². The second kappa shape index (κ2) is 8.19. The first kappa shape index (κ1) is 16.8. The lowest BCUT2D eigenvalue weighted by Gasteiger charge is -2.09. The third-order valence-electron chi connectivity index (χ3n) is 2.97. The highest BCUT2D eigenvalue weighted by molar-refractivity contribution is 7.99. The van der Waals surface area contributed by atoms with Crippen molar-refractivity contribution in [3.8, 4) is 6.07 Å². The van der Waals surface area contributed by atoms with Gasteiger partial charge in [-0.05, 0) is 18.2 Å². The summed E-state index contributed by atoms with van der Waals surface area (Å²) in [6.07, 6.45) is 0.615. The quantitative estimate of drug-likeness (QED) is 0.621. The average Bonchev–Trinajstić information content (AvgIpc) is 2.72. The predicted molar refractivity (Wildman–Crippen MR) is 83.9 cm³/mol. The minimum atomic E-state index is -0.647. The summed E-state index contributed by atoms with van der Waals surface area (Å²) in [6.45, 7) is -0.197. The molecule has 0 bridgehead atoms.